The van der Waals surface area contributed by atoms with Gasteiger partial charge < -0.3 is 9.47 Å². The number of benzene rings is 3. The molecular weight excluding hydrogens is 360 g/mol. The summed E-state index contributed by atoms with van der Waals surface area (Å²) in [5.74, 6) is 1.62. The minimum atomic E-state index is -0.0400. The smallest absolute Gasteiger partial charge is 0.185 e. The maximum absolute atomic E-state index is 12.7. The van der Waals surface area contributed by atoms with Gasteiger partial charge in [-0.25, -0.2) is 0 Å². The van der Waals surface area contributed by atoms with Crippen LogP contribution in [0.5, 0.6) is 11.5 Å². The van der Waals surface area contributed by atoms with Gasteiger partial charge in [-0.15, -0.1) is 0 Å². The van der Waals surface area contributed by atoms with Gasteiger partial charge in [0.25, 0.3) is 0 Å². The maximum Gasteiger partial charge on any atom is 0.185 e. The fraction of sp³-hybridized carbons (Fsp3) is 0.192. The number of ketones is 1. The van der Waals surface area contributed by atoms with E-state index in [1.165, 1.54) is 0 Å². The van der Waals surface area contributed by atoms with Gasteiger partial charge >= 0.3 is 0 Å². The van der Waals surface area contributed by atoms with Gasteiger partial charge in [0.2, 0.25) is 0 Å². The van der Waals surface area contributed by atoms with Crippen LogP contribution in [0.2, 0.25) is 0 Å². The molecule has 0 amide bonds. The molecule has 0 saturated carbocycles. The summed E-state index contributed by atoms with van der Waals surface area (Å²) in [4.78, 5) is 12.7. The third kappa shape index (κ3) is 4.24. The molecule has 0 spiro atoms. The van der Waals surface area contributed by atoms with E-state index in [1.807, 2.05) is 67.6 Å². The Morgan fingerprint density at radius 3 is 2.52 bits per heavy atom. The van der Waals surface area contributed by atoms with Crippen LogP contribution in [0, 0.1) is 0 Å². The SMILES string of the molecule is CCOc1cc2c(cc1/C=C/C(=O)c1ccc(-c3ccccc3)cc1)O[C@@H](C)C2. The van der Waals surface area contributed by atoms with Crippen LogP contribution in [0.25, 0.3) is 17.2 Å². The summed E-state index contributed by atoms with van der Waals surface area (Å²) in [6.07, 6.45) is 4.46. The highest BCUT2D eigenvalue weighted by Crippen LogP contribution is 2.35. The van der Waals surface area contributed by atoms with E-state index < -0.39 is 0 Å². The van der Waals surface area contributed by atoms with Crippen molar-refractivity contribution in [3.05, 3.63) is 89.5 Å². The Morgan fingerprint density at radius 1 is 1.07 bits per heavy atom. The van der Waals surface area contributed by atoms with Crippen LogP contribution in [0.3, 0.4) is 0 Å². The lowest BCUT2D eigenvalue weighted by molar-refractivity contribution is 0.104. The topological polar surface area (TPSA) is 35.5 Å². The number of fused-ring (bicyclic) bond motifs is 1. The van der Waals surface area contributed by atoms with Crippen molar-refractivity contribution < 1.29 is 14.3 Å². The van der Waals surface area contributed by atoms with E-state index in [2.05, 4.69) is 19.1 Å². The lowest BCUT2D eigenvalue weighted by atomic mass is 10.0. The standard InChI is InChI=1S/C26H24O3/c1-3-28-25-17-23-15-18(2)29-26(23)16-22(25)13-14-24(27)21-11-9-20(10-12-21)19-7-5-4-6-8-19/h4-14,16-18H,3,15H2,1-2H3/b14-13+/t18-/m0/s1. The summed E-state index contributed by atoms with van der Waals surface area (Å²) in [6, 6.07) is 21.8. The van der Waals surface area contributed by atoms with E-state index in [9.17, 15) is 4.79 Å². The molecule has 1 aliphatic heterocycles. The minimum absolute atomic E-state index is 0.0400. The van der Waals surface area contributed by atoms with Crippen molar-refractivity contribution in [1.82, 2.24) is 0 Å². The van der Waals surface area contributed by atoms with Gasteiger partial charge in [-0.1, -0.05) is 54.6 Å². The average molecular weight is 384 g/mol. The van der Waals surface area contributed by atoms with Crippen LogP contribution >= 0.6 is 0 Å². The number of carbonyl (C=O) groups excluding carboxylic acids is 1. The molecule has 1 heterocycles. The lowest BCUT2D eigenvalue weighted by Crippen LogP contribution is -2.05. The molecule has 3 aromatic carbocycles. The molecule has 0 bridgehead atoms. The van der Waals surface area contributed by atoms with Crippen molar-refractivity contribution in [3.8, 4) is 22.6 Å². The van der Waals surface area contributed by atoms with Gasteiger partial charge in [0.05, 0.1) is 6.61 Å². The number of rotatable bonds is 6. The largest absolute Gasteiger partial charge is 0.493 e. The van der Waals surface area contributed by atoms with Gasteiger partial charge in [-0.2, -0.15) is 0 Å². The van der Waals surface area contributed by atoms with Crippen LogP contribution in [0.15, 0.2) is 72.8 Å². The van der Waals surface area contributed by atoms with Crippen molar-refractivity contribution >= 4 is 11.9 Å². The second-order valence-electron chi connectivity index (χ2n) is 7.20. The van der Waals surface area contributed by atoms with Crippen LogP contribution in [0.4, 0.5) is 0 Å². The summed E-state index contributed by atoms with van der Waals surface area (Å²) in [5, 5.41) is 0. The summed E-state index contributed by atoms with van der Waals surface area (Å²) in [7, 11) is 0. The number of hydrogen-bond donors (Lipinski definition) is 0. The lowest BCUT2D eigenvalue weighted by Gasteiger charge is -2.10. The number of allylic oxidation sites excluding steroid dienone is 1. The van der Waals surface area contributed by atoms with Crippen LogP contribution in [-0.4, -0.2) is 18.5 Å². The first-order chi connectivity index (χ1) is 14.1. The highest BCUT2D eigenvalue weighted by atomic mass is 16.5. The van der Waals surface area contributed by atoms with Gasteiger partial charge in [-0.3, -0.25) is 4.79 Å². The zero-order valence-corrected chi connectivity index (χ0v) is 16.7. The van der Waals surface area contributed by atoms with E-state index in [4.69, 9.17) is 9.47 Å². The summed E-state index contributed by atoms with van der Waals surface area (Å²) < 4.78 is 11.6. The van der Waals surface area contributed by atoms with E-state index in [0.29, 0.717) is 12.2 Å². The Kier molecular flexibility index (Phi) is 5.48. The molecule has 1 atom stereocenters. The number of hydrogen-bond acceptors (Lipinski definition) is 3. The molecule has 3 aromatic rings. The van der Waals surface area contributed by atoms with E-state index >= 15 is 0 Å². The molecule has 0 fully saturated rings. The highest BCUT2D eigenvalue weighted by molar-refractivity contribution is 6.07. The molecule has 0 unspecified atom stereocenters. The Labute approximate surface area is 171 Å². The van der Waals surface area contributed by atoms with Gasteiger partial charge in [0.1, 0.15) is 17.6 Å². The summed E-state index contributed by atoms with van der Waals surface area (Å²) >= 11 is 0. The molecule has 3 heteroatoms. The Balaban J connectivity index is 1.54. The quantitative estimate of drug-likeness (QED) is 0.388. The molecule has 0 aliphatic carbocycles. The Hall–Kier alpha value is -3.33. The van der Waals surface area contributed by atoms with Crippen molar-refractivity contribution in [2.24, 2.45) is 0 Å². The van der Waals surface area contributed by atoms with E-state index in [0.717, 1.165) is 40.2 Å². The van der Waals surface area contributed by atoms with Crippen molar-refractivity contribution in [3.63, 3.8) is 0 Å². The zero-order chi connectivity index (χ0) is 20.2. The third-order valence-corrected chi connectivity index (χ3v) is 5.02. The number of ether oxygens (including phenoxy) is 2. The molecule has 0 N–H and O–H groups in total. The normalized spacial score (nSPS) is 15.2. The van der Waals surface area contributed by atoms with Crippen LogP contribution < -0.4 is 9.47 Å². The monoisotopic (exact) mass is 384 g/mol. The van der Waals surface area contributed by atoms with Crippen molar-refractivity contribution in [2.45, 2.75) is 26.4 Å². The predicted molar refractivity (Wildman–Crippen MR) is 117 cm³/mol. The first-order valence-corrected chi connectivity index (χ1v) is 9.98. The van der Waals surface area contributed by atoms with Crippen molar-refractivity contribution in [2.75, 3.05) is 6.61 Å². The molecule has 29 heavy (non-hydrogen) atoms. The third-order valence-electron chi connectivity index (χ3n) is 5.02. The second kappa shape index (κ2) is 8.36. The second-order valence-corrected chi connectivity index (χ2v) is 7.20. The predicted octanol–water partition coefficient (Wildman–Crippen LogP) is 5.97. The molecule has 0 radical (unpaired) electrons. The van der Waals surface area contributed by atoms with Crippen LogP contribution in [-0.2, 0) is 6.42 Å². The minimum Gasteiger partial charge on any atom is -0.493 e. The number of carbonyl (C=O) groups is 1. The Morgan fingerprint density at radius 2 is 1.79 bits per heavy atom. The first kappa shape index (κ1) is 19.0. The first-order valence-electron chi connectivity index (χ1n) is 9.98. The highest BCUT2D eigenvalue weighted by Gasteiger charge is 2.21. The van der Waals surface area contributed by atoms with Crippen molar-refractivity contribution in [1.29, 1.82) is 0 Å². The molecule has 146 valence electrons. The molecule has 1 aliphatic rings. The van der Waals surface area contributed by atoms with Gasteiger partial charge in [-0.05, 0) is 49.3 Å². The molecular formula is C26H24O3. The van der Waals surface area contributed by atoms with E-state index in [1.54, 1.807) is 6.08 Å². The summed E-state index contributed by atoms with van der Waals surface area (Å²) in [6.45, 7) is 4.59. The average Bonchev–Trinajstić information content (AvgIpc) is 3.11. The fourth-order valence-corrected chi connectivity index (χ4v) is 3.59. The fourth-order valence-electron chi connectivity index (χ4n) is 3.59. The molecule has 0 saturated heterocycles. The van der Waals surface area contributed by atoms with Crippen LogP contribution in [0.1, 0.15) is 35.3 Å². The maximum atomic E-state index is 12.7. The van der Waals surface area contributed by atoms with Gasteiger partial charge in [0.15, 0.2) is 5.78 Å². The van der Waals surface area contributed by atoms with Gasteiger partial charge in [0, 0.05) is 23.1 Å². The Bertz CT molecular complexity index is 1030. The molecule has 3 nitrogen and oxygen atoms in total. The summed E-state index contributed by atoms with van der Waals surface area (Å²) in [5.41, 5.74) is 4.89. The molecule has 0 aromatic heterocycles. The van der Waals surface area contributed by atoms with E-state index in [-0.39, 0.29) is 11.9 Å². The zero-order valence-electron chi connectivity index (χ0n) is 16.7. The molecule has 4 rings (SSSR count).